The van der Waals surface area contributed by atoms with Crippen LogP contribution in [0, 0.1) is 5.41 Å². The zero-order valence-electron chi connectivity index (χ0n) is 11.7. The van der Waals surface area contributed by atoms with E-state index in [4.69, 9.17) is 4.74 Å². The van der Waals surface area contributed by atoms with Crippen LogP contribution < -0.4 is 0 Å². The summed E-state index contributed by atoms with van der Waals surface area (Å²) in [6.45, 7) is 0.772. The minimum absolute atomic E-state index is 0.0138. The molecular formula is C17H17NO3. The fourth-order valence-corrected chi connectivity index (χ4v) is 5.24. The van der Waals surface area contributed by atoms with Gasteiger partial charge in [-0.05, 0) is 30.9 Å². The van der Waals surface area contributed by atoms with Crippen LogP contribution in [0.2, 0.25) is 0 Å². The number of hydrogen-bond donors (Lipinski definition) is 0. The molecule has 1 aromatic carbocycles. The van der Waals surface area contributed by atoms with Crippen LogP contribution in [0.3, 0.4) is 0 Å². The summed E-state index contributed by atoms with van der Waals surface area (Å²) in [4.78, 5) is 27.3. The highest BCUT2D eigenvalue weighted by Crippen LogP contribution is 2.58. The lowest BCUT2D eigenvalue weighted by atomic mass is 9.59. The third-order valence-electron chi connectivity index (χ3n) is 5.95. The Morgan fingerprint density at radius 2 is 2.10 bits per heavy atom. The van der Waals surface area contributed by atoms with Crippen LogP contribution >= 0.6 is 0 Å². The van der Waals surface area contributed by atoms with Gasteiger partial charge in [-0.2, -0.15) is 0 Å². The van der Waals surface area contributed by atoms with E-state index in [2.05, 4.69) is 6.07 Å². The second-order valence-corrected chi connectivity index (χ2v) is 6.86. The average molecular weight is 283 g/mol. The summed E-state index contributed by atoms with van der Waals surface area (Å²) >= 11 is 0. The number of nitrogens with zero attached hydrogens (tertiary/aromatic N) is 1. The van der Waals surface area contributed by atoms with Crippen molar-refractivity contribution >= 4 is 11.9 Å². The number of rotatable bonds is 0. The van der Waals surface area contributed by atoms with Crippen LogP contribution in [0.5, 0.6) is 0 Å². The van der Waals surface area contributed by atoms with Gasteiger partial charge in [-0.25, -0.2) is 0 Å². The zero-order chi connectivity index (χ0) is 14.2. The van der Waals surface area contributed by atoms with Crippen LogP contribution in [0.1, 0.15) is 47.5 Å². The summed E-state index contributed by atoms with van der Waals surface area (Å²) < 4.78 is 5.63. The maximum atomic E-state index is 12.8. The normalized spacial score (nSPS) is 39.6. The van der Waals surface area contributed by atoms with Gasteiger partial charge in [0.15, 0.2) is 0 Å². The van der Waals surface area contributed by atoms with E-state index in [1.807, 2.05) is 23.1 Å². The van der Waals surface area contributed by atoms with Crippen LogP contribution in [-0.2, 0) is 9.53 Å². The maximum Gasteiger partial charge on any atom is 0.314 e. The number of benzene rings is 1. The molecule has 5 rings (SSSR count). The zero-order valence-corrected chi connectivity index (χ0v) is 11.7. The van der Waals surface area contributed by atoms with Gasteiger partial charge in [-0.3, -0.25) is 9.59 Å². The largest absolute Gasteiger partial charge is 0.462 e. The number of esters is 1. The molecule has 4 nitrogen and oxygen atoms in total. The maximum absolute atomic E-state index is 12.8. The molecular weight excluding hydrogens is 266 g/mol. The van der Waals surface area contributed by atoms with Crippen LogP contribution in [0.15, 0.2) is 24.3 Å². The smallest absolute Gasteiger partial charge is 0.314 e. The van der Waals surface area contributed by atoms with Crippen molar-refractivity contribution < 1.29 is 14.3 Å². The molecule has 108 valence electrons. The molecule has 0 radical (unpaired) electrons. The van der Waals surface area contributed by atoms with Crippen LogP contribution in [0.4, 0.5) is 0 Å². The molecule has 4 aliphatic rings. The lowest BCUT2D eigenvalue weighted by Crippen LogP contribution is -2.62. The van der Waals surface area contributed by atoms with E-state index in [1.54, 1.807) is 0 Å². The molecule has 3 fully saturated rings. The van der Waals surface area contributed by atoms with E-state index >= 15 is 0 Å². The highest BCUT2D eigenvalue weighted by Gasteiger charge is 2.65. The first kappa shape index (κ1) is 11.8. The Balaban J connectivity index is 1.75. The molecule has 0 aromatic heterocycles. The van der Waals surface area contributed by atoms with E-state index in [9.17, 15) is 9.59 Å². The van der Waals surface area contributed by atoms with Crippen molar-refractivity contribution in [3.8, 4) is 0 Å². The van der Waals surface area contributed by atoms with Crippen molar-refractivity contribution in [2.24, 2.45) is 5.41 Å². The van der Waals surface area contributed by atoms with Gasteiger partial charge in [0.05, 0.1) is 11.5 Å². The predicted molar refractivity (Wildman–Crippen MR) is 74.8 cm³/mol. The molecule has 0 unspecified atom stereocenters. The number of carbonyl (C=O) groups excluding carboxylic acids is 2. The van der Waals surface area contributed by atoms with Crippen molar-refractivity contribution in [3.05, 3.63) is 35.4 Å². The molecule has 0 N–H and O–H groups in total. The summed E-state index contributed by atoms with van der Waals surface area (Å²) in [7, 11) is 0. The van der Waals surface area contributed by atoms with Crippen molar-refractivity contribution in [1.29, 1.82) is 0 Å². The molecule has 21 heavy (non-hydrogen) atoms. The summed E-state index contributed by atoms with van der Waals surface area (Å²) in [6, 6.07) is 7.92. The Labute approximate surface area is 123 Å². The van der Waals surface area contributed by atoms with Crippen molar-refractivity contribution in [2.45, 2.75) is 43.7 Å². The highest BCUT2D eigenvalue weighted by molar-refractivity contribution is 5.98. The van der Waals surface area contributed by atoms with Gasteiger partial charge in [0.1, 0.15) is 6.10 Å². The van der Waals surface area contributed by atoms with Gasteiger partial charge >= 0.3 is 5.97 Å². The van der Waals surface area contributed by atoms with E-state index in [-0.39, 0.29) is 29.9 Å². The summed E-state index contributed by atoms with van der Waals surface area (Å²) in [6.07, 6.45) is 3.48. The lowest BCUT2D eigenvalue weighted by molar-refractivity contribution is -0.151. The molecule has 1 aromatic rings. The average Bonchev–Trinajstić information content (AvgIpc) is 2.74. The van der Waals surface area contributed by atoms with Crippen LogP contribution in [-0.4, -0.2) is 35.5 Å². The number of piperidine rings is 1. The van der Waals surface area contributed by atoms with Gasteiger partial charge < -0.3 is 9.64 Å². The monoisotopic (exact) mass is 283 g/mol. The Kier molecular flexibility index (Phi) is 2.06. The van der Waals surface area contributed by atoms with Gasteiger partial charge in [0, 0.05) is 24.4 Å². The molecule has 4 heteroatoms. The van der Waals surface area contributed by atoms with Gasteiger partial charge in [-0.15, -0.1) is 0 Å². The van der Waals surface area contributed by atoms with E-state index in [0.29, 0.717) is 0 Å². The number of carbonyl (C=O) groups is 2. The number of hydrogen-bond acceptors (Lipinski definition) is 3. The van der Waals surface area contributed by atoms with Crippen molar-refractivity contribution in [3.63, 3.8) is 0 Å². The van der Waals surface area contributed by atoms with Crippen LogP contribution in [0.25, 0.3) is 0 Å². The number of fused-ring (bicyclic) bond motifs is 3. The third kappa shape index (κ3) is 1.27. The summed E-state index contributed by atoms with van der Waals surface area (Å²) in [5, 5.41) is 0. The molecule has 2 saturated heterocycles. The molecule has 2 bridgehead atoms. The second-order valence-electron chi connectivity index (χ2n) is 6.86. The summed E-state index contributed by atoms with van der Waals surface area (Å²) in [5.74, 6) is 0.297. The molecule has 1 spiro atoms. The molecule has 1 aliphatic carbocycles. The molecule has 1 saturated carbocycles. The fourth-order valence-electron chi connectivity index (χ4n) is 5.24. The highest BCUT2D eigenvalue weighted by atomic mass is 16.6. The molecule has 1 amide bonds. The summed E-state index contributed by atoms with van der Waals surface area (Å²) in [5.41, 5.74) is 1.51. The van der Waals surface area contributed by atoms with Gasteiger partial charge in [0.25, 0.3) is 5.91 Å². The first-order valence-electron chi connectivity index (χ1n) is 7.82. The Morgan fingerprint density at radius 1 is 1.24 bits per heavy atom. The lowest BCUT2D eigenvalue weighted by Gasteiger charge is -2.54. The Hall–Kier alpha value is -1.84. The van der Waals surface area contributed by atoms with Crippen molar-refractivity contribution in [1.82, 2.24) is 4.90 Å². The van der Waals surface area contributed by atoms with E-state index in [0.717, 1.165) is 43.4 Å². The topological polar surface area (TPSA) is 46.6 Å². The fraction of sp³-hybridized carbons (Fsp3) is 0.529. The van der Waals surface area contributed by atoms with Gasteiger partial charge in [0.2, 0.25) is 0 Å². The van der Waals surface area contributed by atoms with Gasteiger partial charge in [-0.1, -0.05) is 18.2 Å². The first-order valence-corrected chi connectivity index (χ1v) is 7.82. The van der Waals surface area contributed by atoms with E-state index < -0.39 is 5.41 Å². The molecule has 4 atom stereocenters. The SMILES string of the molecule is O=C1c2ccccc2[C@H]2C[C@@H]3C[C@@]4(CCCN1[C@@H]24)C(=O)O3. The Morgan fingerprint density at radius 3 is 3.00 bits per heavy atom. The minimum atomic E-state index is -0.435. The third-order valence-corrected chi connectivity index (χ3v) is 5.95. The number of amides is 1. The number of ether oxygens (including phenoxy) is 1. The second kappa shape index (κ2) is 3.67. The standard InChI is InChI=1S/C17H17NO3/c19-15-12-5-2-1-4-11(12)13-8-10-9-17(16(20)21-10)6-3-7-18(15)14(13)17/h1-2,4-5,10,13-14H,3,6-9H2/t10-,13-,14+,17-/m1/s1. The molecule has 3 heterocycles. The minimum Gasteiger partial charge on any atom is -0.462 e. The van der Waals surface area contributed by atoms with E-state index in [1.165, 1.54) is 0 Å². The quantitative estimate of drug-likeness (QED) is 0.685. The van der Waals surface area contributed by atoms with Crippen molar-refractivity contribution in [2.75, 3.05) is 6.54 Å². The first-order chi connectivity index (χ1) is 10.2. The predicted octanol–water partition coefficient (Wildman–Crippen LogP) is 2.09. The Bertz CT molecular complexity index is 670. The molecule has 3 aliphatic heterocycles.